The Labute approximate surface area is 878 Å². The van der Waals surface area contributed by atoms with Gasteiger partial charge < -0.3 is 69.7 Å². The summed E-state index contributed by atoms with van der Waals surface area (Å²) in [5.74, 6) is -7.21. The summed E-state index contributed by atoms with van der Waals surface area (Å²) in [5, 5.41) is 23.3. The Kier molecular flexibility index (Phi) is 52.0. The maximum absolute atomic E-state index is 14.0. The van der Waals surface area contributed by atoms with E-state index >= 15 is 0 Å². The molecule has 0 spiro atoms. The molecule has 5 unspecified atom stereocenters. The van der Waals surface area contributed by atoms with Crippen LogP contribution in [0.1, 0.15) is 254 Å². The third-order valence-corrected chi connectivity index (χ3v) is 28.8. The summed E-state index contributed by atoms with van der Waals surface area (Å²) >= 11 is 15.3. The molecule has 0 radical (unpaired) electrons. The molecule has 7 aliphatic rings. The van der Waals surface area contributed by atoms with E-state index in [1.807, 2.05) is 154 Å². The zero-order valence-electron chi connectivity index (χ0n) is 85.7. The minimum Gasteiger partial charge on any atom is -0.870 e. The van der Waals surface area contributed by atoms with E-state index in [4.69, 9.17) is 72.2 Å². The topological polar surface area (TPSA) is 409 Å². The number of hydrogen-bond acceptors (Lipinski definition) is 23. The number of halogens is 3. The van der Waals surface area contributed by atoms with Crippen LogP contribution < -0.4 is 39.7 Å². The van der Waals surface area contributed by atoms with Crippen molar-refractivity contribution < 1.29 is 125 Å². The first-order valence-electron chi connectivity index (χ1n) is 48.6. The summed E-state index contributed by atoms with van der Waals surface area (Å²) in [6, 6.07) is 48.8. The molecule has 0 saturated heterocycles. The van der Waals surface area contributed by atoms with Gasteiger partial charge in [-0.1, -0.05) is 286 Å². The van der Waals surface area contributed by atoms with Crippen molar-refractivity contribution in [3.63, 3.8) is 0 Å². The quantitative estimate of drug-likeness (QED) is 0.0111. The van der Waals surface area contributed by atoms with Crippen LogP contribution in [0.15, 0.2) is 216 Å². The fourth-order valence-corrected chi connectivity index (χ4v) is 20.2. The second-order valence-electron chi connectivity index (χ2n) is 38.0. The molecule has 6 aromatic rings. The van der Waals surface area contributed by atoms with Crippen LogP contribution in [0.5, 0.6) is 0 Å². The molecule has 5 saturated carbocycles. The molecular weight excluding hydrogens is 1940 g/mol. The number of amides is 3. The predicted molar refractivity (Wildman–Crippen MR) is 558 cm³/mol. The number of esters is 7. The van der Waals surface area contributed by atoms with Gasteiger partial charge in [-0.25, -0.2) is 4.99 Å². The maximum atomic E-state index is 14.0. The Hall–Kier alpha value is -11.2. The third-order valence-electron chi connectivity index (χ3n) is 27.3. The van der Waals surface area contributed by atoms with Crippen molar-refractivity contribution >= 4 is 133 Å². The van der Waals surface area contributed by atoms with E-state index in [9.17, 15) is 62.6 Å². The number of benzodiazepines with no additional fused rings is 2. The number of carboxylic acid groups (broad SMARTS) is 2. The number of allylic oxidation sites excluding steroid dienone is 4. The molecule has 776 valence electrons. The number of hydrogen-bond donors (Lipinski definition) is 4. The minimum atomic E-state index is -1.18. The molecular formula is C112H144BrCl2LiN6O22. The van der Waals surface area contributed by atoms with Crippen LogP contribution in [0.4, 0.5) is 11.4 Å². The van der Waals surface area contributed by atoms with E-state index in [-0.39, 0.29) is 104 Å². The Morgan fingerprint density at radius 2 is 0.757 bits per heavy atom. The summed E-state index contributed by atoms with van der Waals surface area (Å²) in [4.78, 5) is 161. The largest absolute Gasteiger partial charge is 1.00 e. The number of carbonyl (C=O) groups is 12. The van der Waals surface area contributed by atoms with Crippen molar-refractivity contribution in [1.29, 1.82) is 0 Å². The Morgan fingerprint density at radius 1 is 0.438 bits per heavy atom. The van der Waals surface area contributed by atoms with E-state index in [0.717, 1.165) is 157 Å². The van der Waals surface area contributed by atoms with E-state index in [0.29, 0.717) is 111 Å². The number of carbonyl (C=O) groups excluding carboxylic acids is 10. The molecule has 5 fully saturated rings. The van der Waals surface area contributed by atoms with E-state index in [1.165, 1.54) is 46.0 Å². The number of methoxy groups -OCH3 is 5. The summed E-state index contributed by atoms with van der Waals surface area (Å²) < 4.78 is 35.7. The molecule has 144 heavy (non-hydrogen) atoms. The van der Waals surface area contributed by atoms with Gasteiger partial charge in [0.15, 0.2) is 6.17 Å². The monoisotopic (exact) mass is 2080 g/mol. The first-order valence-corrected chi connectivity index (χ1v) is 50.5. The molecule has 0 aromatic heterocycles. The van der Waals surface area contributed by atoms with Gasteiger partial charge in [0.1, 0.15) is 13.2 Å². The number of aliphatic carboxylic acids is 2. The zero-order valence-corrected chi connectivity index (χ0v) is 88.8. The van der Waals surface area contributed by atoms with E-state index in [2.05, 4.69) is 52.6 Å². The zero-order chi connectivity index (χ0) is 104. The smallest absolute Gasteiger partial charge is 0.870 e. The number of fused-ring (bicyclic) bond motifs is 2. The third kappa shape index (κ3) is 34.5. The number of anilines is 2. The van der Waals surface area contributed by atoms with Gasteiger partial charge >= 0.3 is 72.6 Å². The van der Waals surface area contributed by atoms with Crippen LogP contribution in [0, 0.1) is 44.8 Å². The molecule has 32 heteroatoms. The van der Waals surface area contributed by atoms with Crippen LogP contribution in [-0.2, 0) is 104 Å². The second-order valence-corrected chi connectivity index (χ2v) is 39.4. The van der Waals surface area contributed by atoms with Crippen LogP contribution in [0.25, 0.3) is 0 Å². The van der Waals surface area contributed by atoms with Gasteiger partial charge in [0.2, 0.25) is 12.1 Å². The van der Waals surface area contributed by atoms with Crippen LogP contribution in [0.3, 0.4) is 0 Å². The minimum absolute atomic E-state index is 0. The van der Waals surface area contributed by atoms with Gasteiger partial charge in [-0.05, 0) is 159 Å². The Morgan fingerprint density at radius 3 is 1.12 bits per heavy atom. The predicted octanol–water partition coefficient (Wildman–Crippen LogP) is 18.6. The molecule has 6 aromatic carbocycles. The number of ether oxygens (including phenoxy) is 7. The van der Waals surface area contributed by atoms with E-state index in [1.54, 1.807) is 50.2 Å². The molecule has 2 aliphatic heterocycles. The average Bonchev–Trinajstić information content (AvgIpc) is 1.75. The van der Waals surface area contributed by atoms with Crippen molar-refractivity contribution in [3.05, 3.63) is 250 Å². The first kappa shape index (κ1) is 123. The molecule has 6 N–H and O–H groups in total. The van der Waals surface area contributed by atoms with Gasteiger partial charge in [0.25, 0.3) is 11.8 Å². The number of nitrogens with one attached hydrogen (secondary N) is 1. The summed E-state index contributed by atoms with van der Waals surface area (Å²) in [7, 11) is 10.2. The maximum Gasteiger partial charge on any atom is 1.00 e. The van der Waals surface area contributed by atoms with Gasteiger partial charge in [0, 0.05) is 51.7 Å². The second kappa shape index (κ2) is 60.7. The van der Waals surface area contributed by atoms with Gasteiger partial charge in [-0.2, -0.15) is 0 Å². The van der Waals surface area contributed by atoms with Crippen molar-refractivity contribution in [3.8, 4) is 0 Å². The fraction of sp³-hybridized carbons (Fsp3) is 0.482. The molecule has 0 bridgehead atoms. The summed E-state index contributed by atoms with van der Waals surface area (Å²) in [5.41, 5.74) is 13.4. The van der Waals surface area contributed by atoms with Crippen molar-refractivity contribution in [2.45, 2.75) is 246 Å². The molecule has 13 rings (SSSR count). The number of alkyl halides is 1. The number of nitrogens with two attached hydrogens (primary N) is 1. The standard InChI is InChI=1S/C30H34ClN3O4.C21H28O4.C17H22O4.C16H14ClN3O.C14H22O4.C10H16O4.C4H7Br.Li.H2O/c1-19(2)18-23(30(29(37)38-4)16-8-5-9-17-30)27(35)33-26-28(36)34(3)24-11-7-6-10-22(24)25(32-26)20-12-14-21(31)15-13-20;1-16(2)14-18(19(22)25-15-17-10-6-4-7-11-17)21(20(23)24-3)12-8-5-9-13-21;1-20-16(19)17(10-6-3-7-11-17)12-15(18)21-13-14-8-4-2-5-9-14;1-20-13-5-3-2-4-12(13)14(19-15(18)16(20)21)10-6-8-11(17)9-7-10;1-10(2)9-11(12(15)16)14(13(17)18-3)7-5-4-6-8-14;1-14-9(13)10(7-8(11)12)5-3-2-4-6-10;1-4(2)3-5;;/h6-7,10-15,23,26H,1,5,8-9,16-18H2,2-4H3,(H,33,35);4,6-7,10-11,18H,1,5,8-9,12-15H2,2-3H3;2,4-5,8-9H,3,6-7,10-13H2,1H3;2-9,15H,18H2,1H3;11H,1,4-9H2,2-3H3,(H,15,16);2-7H2,1H3,(H,11,12);1,3H2,2H3;;1H2/q;;;;;;;+1;/p-1. The SMILES string of the molecule is C=C(C)CBr.C=C(C)CC(C(=O)NC1N=C(c2ccc(Cl)cc2)c2ccccc2N(C)C1=O)C1(C(=O)OC)CCCCC1.C=C(C)CC(C(=O)O)C1(C(=O)OC)CCCCC1.C=C(C)CC(C(=O)OCc1ccccc1)C1(C(=O)OC)CCCCC1.CN1C(=O)C(N)N=C(c2ccc(Cl)cc2)c2ccccc21.COC(=O)C1(CC(=O)O)CCCCC1.COC(=O)C1(CC(=O)OCc2ccccc2)CCCCC1.[Li+].[OH-]. The number of aliphatic imine (C=N–C) groups is 2. The van der Waals surface area contributed by atoms with Crippen molar-refractivity contribution in [2.24, 2.45) is 60.5 Å². The number of nitrogens with zero attached hydrogens (tertiary/aromatic N) is 4. The van der Waals surface area contributed by atoms with E-state index < -0.39 is 75.0 Å². The van der Waals surface area contributed by atoms with Crippen molar-refractivity contribution in [1.82, 2.24) is 5.32 Å². The Balaban J connectivity index is 0.000000308. The number of para-hydroxylation sites is 2. The van der Waals surface area contributed by atoms with Gasteiger partial charge in [-0.15, -0.1) is 19.7 Å². The van der Waals surface area contributed by atoms with Crippen LogP contribution in [0.2, 0.25) is 10.0 Å². The average molecular weight is 2080 g/mol. The summed E-state index contributed by atoms with van der Waals surface area (Å²) in [6.45, 7) is 23.3. The fourth-order valence-electron chi connectivity index (χ4n) is 19.9. The number of likely N-dealkylation sites (N-methyl/N-ethyl adjacent to an activating group) is 2. The van der Waals surface area contributed by atoms with Gasteiger partial charge in [-0.3, -0.25) is 62.5 Å². The van der Waals surface area contributed by atoms with Crippen LogP contribution in [-0.4, -0.2) is 166 Å². The molecule has 5 atom stereocenters. The van der Waals surface area contributed by atoms with Crippen molar-refractivity contribution in [2.75, 3.05) is 64.8 Å². The number of benzene rings is 6. The van der Waals surface area contributed by atoms with Gasteiger partial charge in [0.05, 0.1) is 116 Å². The van der Waals surface area contributed by atoms with Crippen LogP contribution >= 0.6 is 39.1 Å². The Bertz CT molecular complexity index is 5370. The normalized spacial score (nSPS) is 18.0. The molecule has 5 aliphatic carbocycles. The first-order chi connectivity index (χ1) is 67.7. The summed E-state index contributed by atoms with van der Waals surface area (Å²) in [6.07, 6.45) is 19.7. The molecule has 2 heterocycles. The number of rotatable bonds is 29. The molecule has 3 amide bonds. The molecule has 28 nitrogen and oxygen atoms in total. The number of carboxylic acids is 2.